The van der Waals surface area contributed by atoms with Crippen LogP contribution in [0.3, 0.4) is 0 Å². The number of carbonyl (C=O) groups is 1. The van der Waals surface area contributed by atoms with E-state index in [0.29, 0.717) is 23.8 Å². The molecule has 1 aromatic rings. The number of nitrogens with zero attached hydrogens (tertiary/aromatic N) is 1. The van der Waals surface area contributed by atoms with E-state index < -0.39 is 5.54 Å². The second-order valence-corrected chi connectivity index (χ2v) is 5.45. The SMILES string of the molecule is CC1(C)C(=O)NCCN1Cc1c(N)cccc1Cl. The van der Waals surface area contributed by atoms with Crippen molar-refractivity contribution >= 4 is 23.2 Å². The van der Waals surface area contributed by atoms with Crippen molar-refractivity contribution in [3.05, 3.63) is 28.8 Å². The van der Waals surface area contributed by atoms with Crippen LogP contribution < -0.4 is 11.1 Å². The smallest absolute Gasteiger partial charge is 0.240 e. The van der Waals surface area contributed by atoms with Gasteiger partial charge in [-0.1, -0.05) is 17.7 Å². The molecule has 1 aliphatic heterocycles. The maximum absolute atomic E-state index is 11.9. The molecule has 0 unspecified atom stereocenters. The van der Waals surface area contributed by atoms with Crippen LogP contribution in [0.15, 0.2) is 18.2 Å². The molecule has 0 aliphatic carbocycles. The highest BCUT2D eigenvalue weighted by atomic mass is 35.5. The van der Waals surface area contributed by atoms with E-state index in [1.165, 1.54) is 0 Å². The zero-order valence-electron chi connectivity index (χ0n) is 10.7. The van der Waals surface area contributed by atoms with Crippen LogP contribution in [-0.4, -0.2) is 29.4 Å². The van der Waals surface area contributed by atoms with Crippen molar-refractivity contribution in [3.63, 3.8) is 0 Å². The van der Waals surface area contributed by atoms with E-state index in [-0.39, 0.29) is 5.91 Å². The van der Waals surface area contributed by atoms with Gasteiger partial charge in [0.05, 0.1) is 5.54 Å². The van der Waals surface area contributed by atoms with Crippen molar-refractivity contribution in [1.29, 1.82) is 0 Å². The summed E-state index contributed by atoms with van der Waals surface area (Å²) < 4.78 is 0. The molecular weight excluding hydrogens is 250 g/mol. The summed E-state index contributed by atoms with van der Waals surface area (Å²) in [5.41, 5.74) is 6.97. The van der Waals surface area contributed by atoms with Crippen LogP contribution in [0.1, 0.15) is 19.4 Å². The van der Waals surface area contributed by atoms with Crippen LogP contribution in [0.4, 0.5) is 5.69 Å². The molecule has 18 heavy (non-hydrogen) atoms. The number of anilines is 1. The van der Waals surface area contributed by atoms with E-state index in [4.69, 9.17) is 17.3 Å². The lowest BCUT2D eigenvalue weighted by Gasteiger charge is -2.41. The predicted octanol–water partition coefficient (Wildman–Crippen LogP) is 1.63. The maximum Gasteiger partial charge on any atom is 0.240 e. The number of hydrogen-bond acceptors (Lipinski definition) is 3. The van der Waals surface area contributed by atoms with Gasteiger partial charge in [-0.05, 0) is 26.0 Å². The van der Waals surface area contributed by atoms with Gasteiger partial charge in [0.25, 0.3) is 0 Å². The lowest BCUT2D eigenvalue weighted by atomic mass is 9.97. The molecule has 0 spiro atoms. The van der Waals surface area contributed by atoms with E-state index >= 15 is 0 Å². The molecule has 5 heteroatoms. The van der Waals surface area contributed by atoms with Gasteiger partial charge in [0.2, 0.25) is 5.91 Å². The highest BCUT2D eigenvalue weighted by Crippen LogP contribution is 2.27. The fraction of sp³-hybridized carbons (Fsp3) is 0.462. The van der Waals surface area contributed by atoms with E-state index in [1.54, 1.807) is 0 Å². The number of halogens is 1. The number of nitrogens with two attached hydrogens (primary N) is 1. The van der Waals surface area contributed by atoms with Crippen LogP contribution in [0, 0.1) is 0 Å². The van der Waals surface area contributed by atoms with Gasteiger partial charge in [-0.15, -0.1) is 0 Å². The Morgan fingerprint density at radius 2 is 2.22 bits per heavy atom. The predicted molar refractivity (Wildman–Crippen MR) is 73.4 cm³/mol. The van der Waals surface area contributed by atoms with Crippen LogP contribution >= 0.6 is 11.6 Å². The van der Waals surface area contributed by atoms with Gasteiger partial charge in [0.15, 0.2) is 0 Å². The summed E-state index contributed by atoms with van der Waals surface area (Å²) in [6.45, 7) is 5.87. The summed E-state index contributed by atoms with van der Waals surface area (Å²) in [4.78, 5) is 14.0. The first-order valence-corrected chi connectivity index (χ1v) is 6.37. The Morgan fingerprint density at radius 3 is 2.89 bits per heavy atom. The topological polar surface area (TPSA) is 58.4 Å². The van der Waals surface area contributed by atoms with Crippen molar-refractivity contribution in [1.82, 2.24) is 10.2 Å². The van der Waals surface area contributed by atoms with Crippen molar-refractivity contribution in [2.75, 3.05) is 18.8 Å². The minimum atomic E-state index is -0.538. The highest BCUT2D eigenvalue weighted by molar-refractivity contribution is 6.31. The third-order valence-corrected chi connectivity index (χ3v) is 3.87. The number of amides is 1. The summed E-state index contributed by atoms with van der Waals surface area (Å²) >= 11 is 6.17. The number of benzene rings is 1. The first kappa shape index (κ1) is 13.2. The lowest BCUT2D eigenvalue weighted by molar-refractivity contribution is -0.135. The normalized spacial score (nSPS) is 19.6. The molecule has 0 bridgehead atoms. The number of piperazine rings is 1. The first-order chi connectivity index (χ1) is 8.43. The fourth-order valence-electron chi connectivity index (χ4n) is 2.15. The molecule has 1 heterocycles. The molecule has 1 amide bonds. The number of nitrogen functional groups attached to an aromatic ring is 1. The third-order valence-electron chi connectivity index (χ3n) is 3.52. The average Bonchev–Trinajstić information content (AvgIpc) is 2.29. The minimum Gasteiger partial charge on any atom is -0.398 e. The zero-order valence-corrected chi connectivity index (χ0v) is 11.4. The van der Waals surface area contributed by atoms with Gasteiger partial charge in [-0.2, -0.15) is 0 Å². The molecule has 0 atom stereocenters. The Morgan fingerprint density at radius 1 is 1.50 bits per heavy atom. The second-order valence-electron chi connectivity index (χ2n) is 5.04. The van der Waals surface area contributed by atoms with E-state index in [2.05, 4.69) is 10.2 Å². The number of hydrogen-bond donors (Lipinski definition) is 2. The molecule has 1 aliphatic rings. The molecule has 2 rings (SSSR count). The first-order valence-electron chi connectivity index (χ1n) is 5.99. The Hall–Kier alpha value is -1.26. The van der Waals surface area contributed by atoms with Gasteiger partial charge >= 0.3 is 0 Å². The largest absolute Gasteiger partial charge is 0.398 e. The van der Waals surface area contributed by atoms with Gasteiger partial charge < -0.3 is 11.1 Å². The molecule has 1 aromatic carbocycles. The van der Waals surface area contributed by atoms with Gasteiger partial charge in [-0.25, -0.2) is 0 Å². The number of carbonyl (C=O) groups excluding carboxylic acids is 1. The summed E-state index contributed by atoms with van der Waals surface area (Å²) in [6.07, 6.45) is 0. The molecule has 1 fully saturated rings. The second kappa shape index (κ2) is 4.78. The third kappa shape index (κ3) is 2.31. The standard InChI is InChI=1S/C13H18ClN3O/c1-13(2)12(18)16-6-7-17(13)8-9-10(14)4-3-5-11(9)15/h3-5H,6-8,15H2,1-2H3,(H,16,18). The Labute approximate surface area is 112 Å². The Bertz CT molecular complexity index is 453. The van der Waals surface area contributed by atoms with E-state index in [9.17, 15) is 4.79 Å². The van der Waals surface area contributed by atoms with Crippen LogP contribution in [0.2, 0.25) is 5.02 Å². The van der Waals surface area contributed by atoms with Gasteiger partial charge in [-0.3, -0.25) is 9.69 Å². The zero-order chi connectivity index (χ0) is 13.3. The molecule has 98 valence electrons. The van der Waals surface area contributed by atoms with Crippen molar-refractivity contribution in [2.24, 2.45) is 0 Å². The van der Waals surface area contributed by atoms with Gasteiger partial charge in [0, 0.05) is 35.9 Å². The molecule has 3 N–H and O–H groups in total. The van der Waals surface area contributed by atoms with Crippen molar-refractivity contribution in [3.8, 4) is 0 Å². The number of rotatable bonds is 2. The summed E-state index contributed by atoms with van der Waals surface area (Å²) in [6, 6.07) is 5.48. The van der Waals surface area contributed by atoms with Crippen LogP contribution in [0.5, 0.6) is 0 Å². The number of nitrogens with one attached hydrogen (secondary N) is 1. The van der Waals surface area contributed by atoms with E-state index in [0.717, 1.165) is 12.1 Å². The summed E-state index contributed by atoms with van der Waals surface area (Å²) in [7, 11) is 0. The van der Waals surface area contributed by atoms with E-state index in [1.807, 2.05) is 32.0 Å². The monoisotopic (exact) mass is 267 g/mol. The highest BCUT2D eigenvalue weighted by Gasteiger charge is 2.37. The quantitative estimate of drug-likeness (QED) is 0.801. The average molecular weight is 268 g/mol. The fourth-order valence-corrected chi connectivity index (χ4v) is 2.40. The van der Waals surface area contributed by atoms with Crippen LogP contribution in [0.25, 0.3) is 0 Å². The molecule has 4 nitrogen and oxygen atoms in total. The maximum atomic E-state index is 11.9. The molecule has 0 radical (unpaired) electrons. The van der Waals surface area contributed by atoms with Gasteiger partial charge in [0.1, 0.15) is 0 Å². The Balaban J connectivity index is 2.26. The summed E-state index contributed by atoms with van der Waals surface area (Å²) in [5, 5.41) is 3.52. The molecule has 0 aromatic heterocycles. The Kier molecular flexibility index (Phi) is 3.50. The molecular formula is C13H18ClN3O. The molecule has 1 saturated heterocycles. The van der Waals surface area contributed by atoms with Crippen molar-refractivity contribution < 1.29 is 4.79 Å². The summed E-state index contributed by atoms with van der Waals surface area (Å²) in [5.74, 6) is 0.0411. The molecule has 0 saturated carbocycles. The lowest BCUT2D eigenvalue weighted by Crippen LogP contribution is -2.61. The minimum absolute atomic E-state index is 0.0411. The van der Waals surface area contributed by atoms with Crippen molar-refractivity contribution in [2.45, 2.75) is 25.9 Å². The van der Waals surface area contributed by atoms with Crippen LogP contribution in [-0.2, 0) is 11.3 Å².